The lowest BCUT2D eigenvalue weighted by Crippen LogP contribution is -2.32. The van der Waals surface area contributed by atoms with E-state index in [4.69, 9.17) is 4.74 Å². The van der Waals surface area contributed by atoms with Crippen LogP contribution in [0.15, 0.2) is 54.6 Å². The zero-order chi connectivity index (χ0) is 22.8. The normalized spacial score (nSPS) is 16.4. The van der Waals surface area contributed by atoms with Crippen LogP contribution in [0.5, 0.6) is 5.75 Å². The van der Waals surface area contributed by atoms with E-state index in [2.05, 4.69) is 6.92 Å². The number of carbonyl (C=O) groups is 1. The van der Waals surface area contributed by atoms with E-state index in [-0.39, 0.29) is 11.6 Å². The molecular formula is C28H28F2O2. The predicted octanol–water partition coefficient (Wildman–Crippen LogP) is 7.03. The molecule has 0 amide bonds. The minimum atomic E-state index is -0.567. The van der Waals surface area contributed by atoms with E-state index in [1.807, 2.05) is 50.2 Å². The zero-order valence-electron chi connectivity index (χ0n) is 18.8. The summed E-state index contributed by atoms with van der Waals surface area (Å²) in [6.45, 7) is 5.90. The number of hydrogen-bond acceptors (Lipinski definition) is 2. The maximum absolute atomic E-state index is 15.1. The number of halogens is 2. The minimum Gasteiger partial charge on any atom is -0.423 e. The predicted molar refractivity (Wildman–Crippen MR) is 123 cm³/mol. The molecule has 4 heteroatoms. The summed E-state index contributed by atoms with van der Waals surface area (Å²) in [5, 5.41) is 0. The summed E-state index contributed by atoms with van der Waals surface area (Å²) in [6, 6.07) is 16.8. The van der Waals surface area contributed by atoms with E-state index in [0.717, 1.165) is 24.0 Å². The molecule has 2 unspecified atom stereocenters. The van der Waals surface area contributed by atoms with E-state index in [1.165, 1.54) is 11.6 Å². The SMILES string of the molecule is CCCc1ccc2c(c1F)OC(=O)C(C(C)c1ccc(-c3ccc(CC)cc3)cc1F)C2. The van der Waals surface area contributed by atoms with Crippen molar-refractivity contribution in [2.24, 2.45) is 5.92 Å². The molecule has 0 spiro atoms. The van der Waals surface area contributed by atoms with Gasteiger partial charge in [-0.3, -0.25) is 4.79 Å². The van der Waals surface area contributed by atoms with Gasteiger partial charge in [0.1, 0.15) is 5.82 Å². The zero-order valence-corrected chi connectivity index (χ0v) is 18.8. The van der Waals surface area contributed by atoms with Crippen LogP contribution in [0.2, 0.25) is 0 Å². The molecule has 1 aliphatic heterocycles. The van der Waals surface area contributed by atoms with Crippen LogP contribution in [0.4, 0.5) is 8.78 Å². The maximum atomic E-state index is 15.1. The summed E-state index contributed by atoms with van der Waals surface area (Å²) in [5.74, 6) is -2.23. The van der Waals surface area contributed by atoms with Crippen LogP contribution >= 0.6 is 0 Å². The molecule has 0 aromatic heterocycles. The largest absolute Gasteiger partial charge is 0.423 e. The van der Waals surface area contributed by atoms with Gasteiger partial charge in [0.15, 0.2) is 11.6 Å². The Balaban J connectivity index is 1.58. The average Bonchev–Trinajstić information content (AvgIpc) is 2.80. The number of esters is 1. The van der Waals surface area contributed by atoms with Crippen LogP contribution in [0.1, 0.15) is 55.4 Å². The van der Waals surface area contributed by atoms with Crippen molar-refractivity contribution in [3.8, 4) is 16.9 Å². The van der Waals surface area contributed by atoms with Gasteiger partial charge in [0.25, 0.3) is 0 Å². The Morgan fingerprint density at radius 3 is 2.38 bits per heavy atom. The van der Waals surface area contributed by atoms with E-state index in [1.54, 1.807) is 12.1 Å². The lowest BCUT2D eigenvalue weighted by atomic mass is 9.81. The molecule has 3 aromatic rings. The van der Waals surface area contributed by atoms with E-state index in [0.29, 0.717) is 29.5 Å². The van der Waals surface area contributed by atoms with Gasteiger partial charge in [-0.25, -0.2) is 8.78 Å². The molecule has 0 aliphatic carbocycles. The third-order valence-corrected chi connectivity index (χ3v) is 6.51. The number of benzene rings is 3. The van der Waals surface area contributed by atoms with Gasteiger partial charge in [0.05, 0.1) is 5.92 Å². The van der Waals surface area contributed by atoms with Crippen LogP contribution in [-0.2, 0) is 24.1 Å². The number of aryl methyl sites for hydroxylation is 2. The molecular weight excluding hydrogens is 406 g/mol. The molecule has 32 heavy (non-hydrogen) atoms. The summed E-state index contributed by atoms with van der Waals surface area (Å²) in [7, 11) is 0. The highest BCUT2D eigenvalue weighted by Crippen LogP contribution is 2.39. The standard InChI is InChI=1S/C28H28F2O2/c1-4-6-20-11-12-22-15-24(28(31)32-27(22)26(20)30)17(3)23-14-13-21(16-25(23)29)19-9-7-18(5-2)8-10-19/h7-14,16-17,24H,4-6,15H2,1-3H3. The van der Waals surface area contributed by atoms with E-state index < -0.39 is 23.6 Å². The van der Waals surface area contributed by atoms with Crippen LogP contribution in [0.3, 0.4) is 0 Å². The quantitative estimate of drug-likeness (QED) is 0.308. The molecule has 1 heterocycles. The highest BCUT2D eigenvalue weighted by Gasteiger charge is 2.36. The monoisotopic (exact) mass is 434 g/mol. The van der Waals surface area contributed by atoms with Crippen LogP contribution in [-0.4, -0.2) is 5.97 Å². The number of rotatable bonds is 6. The van der Waals surface area contributed by atoms with Crippen molar-refractivity contribution in [1.82, 2.24) is 0 Å². The Kier molecular flexibility index (Phi) is 6.40. The van der Waals surface area contributed by atoms with Crippen molar-refractivity contribution in [3.05, 3.63) is 88.5 Å². The molecule has 2 atom stereocenters. The van der Waals surface area contributed by atoms with Gasteiger partial charge in [-0.2, -0.15) is 0 Å². The van der Waals surface area contributed by atoms with Gasteiger partial charge >= 0.3 is 5.97 Å². The van der Waals surface area contributed by atoms with Crippen molar-refractivity contribution in [3.63, 3.8) is 0 Å². The highest BCUT2D eigenvalue weighted by molar-refractivity contribution is 5.79. The summed E-state index contributed by atoms with van der Waals surface area (Å²) >= 11 is 0. The Morgan fingerprint density at radius 2 is 1.72 bits per heavy atom. The Labute approximate surface area is 188 Å². The van der Waals surface area contributed by atoms with Crippen molar-refractivity contribution >= 4 is 5.97 Å². The number of carbonyl (C=O) groups excluding carboxylic acids is 1. The smallest absolute Gasteiger partial charge is 0.315 e. The molecule has 0 saturated carbocycles. The fourth-order valence-corrected chi connectivity index (χ4v) is 4.47. The first-order valence-electron chi connectivity index (χ1n) is 11.3. The summed E-state index contributed by atoms with van der Waals surface area (Å²) in [5.41, 5.74) is 4.65. The molecule has 0 N–H and O–H groups in total. The van der Waals surface area contributed by atoms with Gasteiger partial charge in [0.2, 0.25) is 0 Å². The number of hydrogen-bond donors (Lipinski definition) is 0. The first kappa shape index (κ1) is 22.2. The van der Waals surface area contributed by atoms with Crippen molar-refractivity contribution in [1.29, 1.82) is 0 Å². The summed E-state index contributed by atoms with van der Waals surface area (Å²) < 4.78 is 35.3. The van der Waals surface area contributed by atoms with Crippen molar-refractivity contribution < 1.29 is 18.3 Å². The second-order valence-corrected chi connectivity index (χ2v) is 8.58. The Hall–Kier alpha value is -3.01. The number of fused-ring (bicyclic) bond motifs is 1. The molecule has 0 radical (unpaired) electrons. The second kappa shape index (κ2) is 9.23. The van der Waals surface area contributed by atoms with E-state index >= 15 is 4.39 Å². The summed E-state index contributed by atoms with van der Waals surface area (Å²) in [6.07, 6.45) is 2.68. The molecule has 3 aromatic carbocycles. The average molecular weight is 435 g/mol. The van der Waals surface area contributed by atoms with Gasteiger partial charge in [-0.1, -0.05) is 75.7 Å². The Bertz CT molecular complexity index is 1130. The fraction of sp³-hybridized carbons (Fsp3) is 0.321. The van der Waals surface area contributed by atoms with Crippen LogP contribution < -0.4 is 4.74 Å². The molecule has 0 fully saturated rings. The van der Waals surface area contributed by atoms with Crippen molar-refractivity contribution in [2.75, 3.05) is 0 Å². The van der Waals surface area contributed by atoms with E-state index in [9.17, 15) is 9.18 Å². The second-order valence-electron chi connectivity index (χ2n) is 8.58. The van der Waals surface area contributed by atoms with Crippen LogP contribution in [0.25, 0.3) is 11.1 Å². The molecule has 4 rings (SSSR count). The Morgan fingerprint density at radius 1 is 1.00 bits per heavy atom. The lowest BCUT2D eigenvalue weighted by molar-refractivity contribution is -0.141. The lowest BCUT2D eigenvalue weighted by Gasteiger charge is -2.29. The topological polar surface area (TPSA) is 26.3 Å². The maximum Gasteiger partial charge on any atom is 0.315 e. The fourth-order valence-electron chi connectivity index (χ4n) is 4.47. The minimum absolute atomic E-state index is 0.0377. The van der Waals surface area contributed by atoms with Crippen molar-refractivity contribution in [2.45, 2.75) is 52.4 Å². The molecule has 1 aliphatic rings. The van der Waals surface area contributed by atoms with Gasteiger partial charge in [-0.15, -0.1) is 0 Å². The van der Waals surface area contributed by atoms with Gasteiger partial charge in [0, 0.05) is 0 Å². The molecule has 0 bridgehead atoms. The molecule has 0 saturated heterocycles. The number of ether oxygens (including phenoxy) is 1. The summed E-state index contributed by atoms with van der Waals surface area (Å²) in [4.78, 5) is 12.7. The van der Waals surface area contributed by atoms with Crippen LogP contribution in [0, 0.1) is 17.6 Å². The highest BCUT2D eigenvalue weighted by atomic mass is 19.1. The van der Waals surface area contributed by atoms with Gasteiger partial charge < -0.3 is 4.74 Å². The third kappa shape index (κ3) is 4.19. The first-order valence-corrected chi connectivity index (χ1v) is 11.3. The third-order valence-electron chi connectivity index (χ3n) is 6.51. The molecule has 2 nitrogen and oxygen atoms in total. The first-order chi connectivity index (χ1) is 15.4. The van der Waals surface area contributed by atoms with Gasteiger partial charge in [-0.05, 0) is 64.6 Å². The molecule has 166 valence electrons.